The Morgan fingerprint density at radius 1 is 1.00 bits per heavy atom. The maximum atomic E-state index is 12.3. The molecule has 126 valence electrons. The second-order valence-corrected chi connectivity index (χ2v) is 6.50. The molecule has 0 aromatic heterocycles. The van der Waals surface area contributed by atoms with Crippen LogP contribution in [0.5, 0.6) is 0 Å². The van der Waals surface area contributed by atoms with Gasteiger partial charge in [0.1, 0.15) is 0 Å². The van der Waals surface area contributed by atoms with E-state index >= 15 is 0 Å². The van der Waals surface area contributed by atoms with Gasteiger partial charge in [0, 0.05) is 5.69 Å². The number of anilines is 2. The number of nitrogens with zero attached hydrogens (tertiary/aromatic N) is 1. The number of carbonyl (C=O) groups excluding carboxylic acids is 2. The number of amides is 2. The fraction of sp³-hybridized carbons (Fsp3) is 0.167. The molecule has 2 unspecified atom stereocenters. The Hall–Kier alpha value is -2.55. The normalized spacial score (nSPS) is 18.1. The molecule has 1 fully saturated rings. The number of nitrogens with one attached hydrogen (secondary N) is 2. The average molecular weight is 374 g/mol. The molecule has 25 heavy (non-hydrogen) atoms. The van der Waals surface area contributed by atoms with Crippen molar-refractivity contribution in [2.75, 3.05) is 10.6 Å². The second kappa shape index (κ2) is 7.14. The van der Waals surface area contributed by atoms with Gasteiger partial charge in [0.15, 0.2) is 0 Å². The molecule has 2 atom stereocenters. The van der Waals surface area contributed by atoms with E-state index in [-0.39, 0.29) is 22.8 Å². The van der Waals surface area contributed by atoms with Crippen LogP contribution in [-0.4, -0.2) is 11.8 Å². The minimum atomic E-state index is -0.395. The SMILES string of the molecule is N#Cc1ccc(NC(=O)C2CC2C(=O)Nc2cccc(Cl)c2Cl)cc1. The summed E-state index contributed by atoms with van der Waals surface area (Å²) in [5.41, 5.74) is 1.53. The number of hydrogen-bond donors (Lipinski definition) is 2. The number of benzene rings is 2. The Kier molecular flexibility index (Phi) is 4.93. The Morgan fingerprint density at radius 3 is 2.28 bits per heavy atom. The van der Waals surface area contributed by atoms with Crippen LogP contribution in [0.4, 0.5) is 11.4 Å². The molecular formula is C18H13Cl2N3O2. The van der Waals surface area contributed by atoms with Gasteiger partial charge < -0.3 is 10.6 Å². The summed E-state index contributed by atoms with van der Waals surface area (Å²) in [6, 6.07) is 13.5. The molecule has 2 aromatic carbocycles. The molecule has 1 aliphatic rings. The molecule has 2 amide bonds. The zero-order chi connectivity index (χ0) is 18.0. The van der Waals surface area contributed by atoms with Crippen LogP contribution in [0.3, 0.4) is 0 Å². The molecule has 1 saturated carbocycles. The summed E-state index contributed by atoms with van der Waals surface area (Å²) in [7, 11) is 0. The number of carbonyl (C=O) groups is 2. The van der Waals surface area contributed by atoms with Crippen LogP contribution in [0.15, 0.2) is 42.5 Å². The first-order valence-electron chi connectivity index (χ1n) is 7.55. The quantitative estimate of drug-likeness (QED) is 0.846. The van der Waals surface area contributed by atoms with Gasteiger partial charge in [0.25, 0.3) is 0 Å². The lowest BCUT2D eigenvalue weighted by Gasteiger charge is -2.08. The first-order chi connectivity index (χ1) is 12.0. The van der Waals surface area contributed by atoms with Crippen LogP contribution in [-0.2, 0) is 9.59 Å². The van der Waals surface area contributed by atoms with Gasteiger partial charge in [-0.25, -0.2) is 0 Å². The Bertz CT molecular complexity index is 875. The topological polar surface area (TPSA) is 82.0 Å². The van der Waals surface area contributed by atoms with Crippen molar-refractivity contribution in [3.63, 3.8) is 0 Å². The molecule has 2 aromatic rings. The van der Waals surface area contributed by atoms with E-state index in [2.05, 4.69) is 10.6 Å². The van der Waals surface area contributed by atoms with E-state index in [1.165, 1.54) is 0 Å². The van der Waals surface area contributed by atoms with Gasteiger partial charge >= 0.3 is 0 Å². The molecule has 0 heterocycles. The molecule has 0 spiro atoms. The van der Waals surface area contributed by atoms with Gasteiger partial charge in [-0.05, 0) is 42.8 Å². The van der Waals surface area contributed by atoms with E-state index in [1.54, 1.807) is 42.5 Å². The lowest BCUT2D eigenvalue weighted by Crippen LogP contribution is -2.20. The summed E-state index contributed by atoms with van der Waals surface area (Å²) in [6.07, 6.45) is 0.478. The van der Waals surface area contributed by atoms with Gasteiger partial charge in [0.05, 0.1) is 39.2 Å². The zero-order valence-corrected chi connectivity index (χ0v) is 14.4. The summed E-state index contributed by atoms with van der Waals surface area (Å²) in [5, 5.41) is 14.8. The van der Waals surface area contributed by atoms with E-state index < -0.39 is 5.92 Å². The highest BCUT2D eigenvalue weighted by Crippen LogP contribution is 2.41. The lowest BCUT2D eigenvalue weighted by atomic mass is 10.2. The summed E-state index contributed by atoms with van der Waals surface area (Å²) < 4.78 is 0. The summed E-state index contributed by atoms with van der Waals surface area (Å²) in [4.78, 5) is 24.5. The Labute approximate surface area is 154 Å². The van der Waals surface area contributed by atoms with Crippen molar-refractivity contribution in [2.24, 2.45) is 11.8 Å². The smallest absolute Gasteiger partial charge is 0.228 e. The summed E-state index contributed by atoms with van der Waals surface area (Å²) in [5.74, 6) is -1.26. The van der Waals surface area contributed by atoms with E-state index in [1.807, 2.05) is 6.07 Å². The zero-order valence-electron chi connectivity index (χ0n) is 12.9. The van der Waals surface area contributed by atoms with E-state index in [0.717, 1.165) is 0 Å². The Morgan fingerprint density at radius 2 is 1.64 bits per heavy atom. The molecule has 2 N–H and O–H groups in total. The highest BCUT2D eigenvalue weighted by atomic mass is 35.5. The predicted octanol–water partition coefficient (Wildman–Crippen LogP) is 4.08. The van der Waals surface area contributed by atoms with E-state index in [4.69, 9.17) is 28.5 Å². The molecule has 3 rings (SSSR count). The molecule has 0 radical (unpaired) electrons. The third kappa shape index (κ3) is 3.93. The maximum Gasteiger partial charge on any atom is 0.228 e. The van der Waals surface area contributed by atoms with Crippen molar-refractivity contribution < 1.29 is 9.59 Å². The number of rotatable bonds is 4. The summed E-state index contributed by atoms with van der Waals surface area (Å²) >= 11 is 12.0. The van der Waals surface area contributed by atoms with Crippen LogP contribution in [0, 0.1) is 23.2 Å². The molecule has 0 aliphatic heterocycles. The number of halogens is 2. The van der Waals surface area contributed by atoms with Gasteiger partial charge in [-0.3, -0.25) is 9.59 Å². The van der Waals surface area contributed by atoms with Crippen molar-refractivity contribution in [3.8, 4) is 6.07 Å². The minimum Gasteiger partial charge on any atom is -0.326 e. The summed E-state index contributed by atoms with van der Waals surface area (Å²) in [6.45, 7) is 0. The molecule has 0 saturated heterocycles. The number of hydrogen-bond acceptors (Lipinski definition) is 3. The maximum absolute atomic E-state index is 12.3. The average Bonchev–Trinajstić information content (AvgIpc) is 3.40. The molecule has 5 nitrogen and oxygen atoms in total. The van der Waals surface area contributed by atoms with Crippen LogP contribution < -0.4 is 10.6 Å². The largest absolute Gasteiger partial charge is 0.326 e. The van der Waals surface area contributed by atoms with Crippen LogP contribution >= 0.6 is 23.2 Å². The highest BCUT2D eigenvalue weighted by molar-refractivity contribution is 6.44. The molecule has 0 bridgehead atoms. The van der Waals surface area contributed by atoms with E-state index in [9.17, 15) is 9.59 Å². The van der Waals surface area contributed by atoms with Crippen molar-refractivity contribution in [1.29, 1.82) is 5.26 Å². The third-order valence-electron chi connectivity index (χ3n) is 3.95. The molecular weight excluding hydrogens is 361 g/mol. The van der Waals surface area contributed by atoms with Crippen molar-refractivity contribution >= 4 is 46.4 Å². The third-order valence-corrected chi connectivity index (χ3v) is 4.77. The monoisotopic (exact) mass is 373 g/mol. The van der Waals surface area contributed by atoms with Gasteiger partial charge in [-0.2, -0.15) is 5.26 Å². The second-order valence-electron chi connectivity index (χ2n) is 5.72. The van der Waals surface area contributed by atoms with Gasteiger partial charge in [-0.15, -0.1) is 0 Å². The van der Waals surface area contributed by atoms with Gasteiger partial charge in [-0.1, -0.05) is 29.3 Å². The molecule has 1 aliphatic carbocycles. The van der Waals surface area contributed by atoms with Crippen LogP contribution in [0.2, 0.25) is 10.0 Å². The lowest BCUT2D eigenvalue weighted by molar-refractivity contribution is -0.122. The Balaban J connectivity index is 1.58. The molecule has 7 heteroatoms. The first kappa shape index (κ1) is 17.3. The van der Waals surface area contributed by atoms with Crippen molar-refractivity contribution in [3.05, 3.63) is 58.1 Å². The fourth-order valence-electron chi connectivity index (χ4n) is 2.46. The van der Waals surface area contributed by atoms with Gasteiger partial charge in [0.2, 0.25) is 11.8 Å². The standard InChI is InChI=1S/C18H13Cl2N3O2/c19-14-2-1-3-15(16(14)20)23-18(25)13-8-12(13)17(24)22-11-6-4-10(9-21)5-7-11/h1-7,12-13H,8H2,(H,22,24)(H,23,25). The van der Waals surface area contributed by atoms with Crippen LogP contribution in [0.1, 0.15) is 12.0 Å². The minimum absolute atomic E-state index is 0.220. The van der Waals surface area contributed by atoms with Crippen molar-refractivity contribution in [1.82, 2.24) is 0 Å². The fourth-order valence-corrected chi connectivity index (χ4v) is 2.81. The predicted molar refractivity (Wildman–Crippen MR) is 96.5 cm³/mol. The highest BCUT2D eigenvalue weighted by Gasteiger charge is 2.48. The van der Waals surface area contributed by atoms with Crippen LogP contribution in [0.25, 0.3) is 0 Å². The number of nitriles is 1. The van der Waals surface area contributed by atoms with E-state index in [0.29, 0.717) is 28.4 Å². The first-order valence-corrected chi connectivity index (χ1v) is 8.31. The van der Waals surface area contributed by atoms with Crippen molar-refractivity contribution in [2.45, 2.75) is 6.42 Å².